The van der Waals surface area contributed by atoms with Crippen LogP contribution in [0.4, 0.5) is 0 Å². The van der Waals surface area contributed by atoms with E-state index in [0.29, 0.717) is 0 Å². The summed E-state index contributed by atoms with van der Waals surface area (Å²) in [7, 11) is 0. The second-order valence-electron chi connectivity index (χ2n) is 4.40. The van der Waals surface area contributed by atoms with Gasteiger partial charge in [0.15, 0.2) is 6.29 Å². The fourth-order valence-electron chi connectivity index (χ4n) is 2.18. The molecule has 1 rings (SSSR count). The van der Waals surface area contributed by atoms with E-state index in [0.717, 1.165) is 0 Å². The van der Waals surface area contributed by atoms with Crippen molar-refractivity contribution in [1.82, 2.24) is 5.32 Å². The van der Waals surface area contributed by atoms with Gasteiger partial charge in [-0.05, 0) is 13.0 Å². The Morgan fingerprint density at radius 2 is 2.11 bits per heavy atom. The number of hydrogen-bond acceptors (Lipinski definition) is 7. The first-order valence-corrected chi connectivity index (χ1v) is 5.68. The SMILES string of the molecule is CC(=O)N[C@H]1C(O)O[C@H](CO)[C@@H](O)[C@@]1(O)CCN. The number of aliphatic hydroxyl groups excluding tert-OH is 3. The summed E-state index contributed by atoms with van der Waals surface area (Å²) < 4.78 is 4.94. The fourth-order valence-corrected chi connectivity index (χ4v) is 2.18. The van der Waals surface area contributed by atoms with Crippen LogP contribution in [0.2, 0.25) is 0 Å². The van der Waals surface area contributed by atoms with Crippen LogP contribution in [0.15, 0.2) is 0 Å². The van der Waals surface area contributed by atoms with Gasteiger partial charge in [-0.15, -0.1) is 0 Å². The van der Waals surface area contributed by atoms with Gasteiger partial charge in [0.2, 0.25) is 5.91 Å². The number of amides is 1. The molecule has 5 atom stereocenters. The van der Waals surface area contributed by atoms with Crippen molar-refractivity contribution in [1.29, 1.82) is 0 Å². The van der Waals surface area contributed by atoms with E-state index >= 15 is 0 Å². The Balaban J connectivity index is 3.01. The van der Waals surface area contributed by atoms with E-state index in [2.05, 4.69) is 5.32 Å². The first-order chi connectivity index (χ1) is 8.36. The average molecular weight is 264 g/mol. The topological polar surface area (TPSA) is 145 Å². The largest absolute Gasteiger partial charge is 0.394 e. The highest BCUT2D eigenvalue weighted by Gasteiger charge is 2.54. The molecule has 1 amide bonds. The predicted octanol–water partition coefficient (Wildman–Crippen LogP) is -3.36. The van der Waals surface area contributed by atoms with Gasteiger partial charge >= 0.3 is 0 Å². The standard InChI is InChI=1S/C10H20N2O6/c1-5(14)12-7-9(16)18-6(4-13)8(15)10(7,17)2-3-11/h6-9,13,15-17H,2-4,11H2,1H3,(H,12,14)/t6-,7+,8-,9?,10-/m1/s1. The average Bonchev–Trinajstić information content (AvgIpc) is 2.30. The molecule has 8 nitrogen and oxygen atoms in total. The van der Waals surface area contributed by atoms with Crippen molar-refractivity contribution >= 4 is 5.91 Å². The van der Waals surface area contributed by atoms with E-state index < -0.39 is 42.7 Å². The molecule has 0 bridgehead atoms. The Morgan fingerprint density at radius 3 is 2.56 bits per heavy atom. The minimum Gasteiger partial charge on any atom is -0.394 e. The molecule has 0 saturated carbocycles. The summed E-state index contributed by atoms with van der Waals surface area (Å²) in [5.41, 5.74) is 3.51. The van der Waals surface area contributed by atoms with Gasteiger partial charge < -0.3 is 36.2 Å². The molecule has 7 N–H and O–H groups in total. The third-order valence-electron chi connectivity index (χ3n) is 3.09. The molecular weight excluding hydrogens is 244 g/mol. The maximum absolute atomic E-state index is 11.1. The highest BCUT2D eigenvalue weighted by molar-refractivity contribution is 5.73. The number of nitrogens with one attached hydrogen (secondary N) is 1. The molecule has 1 heterocycles. The lowest BCUT2D eigenvalue weighted by Crippen LogP contribution is -2.72. The van der Waals surface area contributed by atoms with Crippen LogP contribution in [-0.2, 0) is 9.53 Å². The molecule has 18 heavy (non-hydrogen) atoms. The summed E-state index contributed by atoms with van der Waals surface area (Å²) in [6.07, 6.45) is -4.20. The zero-order valence-electron chi connectivity index (χ0n) is 10.1. The van der Waals surface area contributed by atoms with Gasteiger partial charge in [-0.2, -0.15) is 0 Å². The van der Waals surface area contributed by atoms with Gasteiger partial charge in [0, 0.05) is 6.92 Å². The second kappa shape index (κ2) is 5.91. The van der Waals surface area contributed by atoms with E-state index in [1.54, 1.807) is 0 Å². The lowest BCUT2D eigenvalue weighted by Gasteiger charge is -2.48. The molecule has 8 heteroatoms. The third-order valence-corrected chi connectivity index (χ3v) is 3.09. The summed E-state index contributed by atoms with van der Waals surface area (Å²) in [5.74, 6) is -0.493. The number of aliphatic hydroxyl groups is 4. The van der Waals surface area contributed by atoms with E-state index in [9.17, 15) is 20.1 Å². The lowest BCUT2D eigenvalue weighted by atomic mass is 9.79. The molecule has 0 spiro atoms. The summed E-state index contributed by atoms with van der Waals surface area (Å²) >= 11 is 0. The van der Waals surface area contributed by atoms with Crippen LogP contribution < -0.4 is 11.1 Å². The number of ether oxygens (including phenoxy) is 1. The van der Waals surface area contributed by atoms with Crippen LogP contribution >= 0.6 is 0 Å². The van der Waals surface area contributed by atoms with Crippen molar-refractivity contribution < 1.29 is 30.0 Å². The Labute approximate surface area is 104 Å². The number of rotatable bonds is 4. The summed E-state index contributed by atoms with van der Waals surface area (Å²) in [4.78, 5) is 11.1. The highest BCUT2D eigenvalue weighted by Crippen LogP contribution is 2.31. The van der Waals surface area contributed by atoms with Gasteiger partial charge in [0.25, 0.3) is 0 Å². The minimum absolute atomic E-state index is 0.0362. The van der Waals surface area contributed by atoms with Crippen LogP contribution in [-0.4, -0.2) is 69.6 Å². The monoisotopic (exact) mass is 264 g/mol. The van der Waals surface area contributed by atoms with Crippen LogP contribution in [0.5, 0.6) is 0 Å². The van der Waals surface area contributed by atoms with Gasteiger partial charge in [-0.3, -0.25) is 4.79 Å². The molecule has 1 saturated heterocycles. The first-order valence-electron chi connectivity index (χ1n) is 5.68. The maximum atomic E-state index is 11.1. The van der Waals surface area contributed by atoms with Crippen LogP contribution in [0, 0.1) is 0 Å². The van der Waals surface area contributed by atoms with Gasteiger partial charge in [0.1, 0.15) is 23.9 Å². The normalized spacial score (nSPS) is 40.6. The Bertz CT molecular complexity index is 302. The molecule has 1 aliphatic heterocycles. The molecule has 106 valence electrons. The quantitative estimate of drug-likeness (QED) is 0.311. The van der Waals surface area contributed by atoms with Gasteiger partial charge in [-0.25, -0.2) is 0 Å². The fraction of sp³-hybridized carbons (Fsp3) is 0.900. The molecule has 1 fully saturated rings. The lowest BCUT2D eigenvalue weighted by molar-refractivity contribution is -0.288. The van der Waals surface area contributed by atoms with Crippen LogP contribution in [0.1, 0.15) is 13.3 Å². The molecule has 0 radical (unpaired) electrons. The number of hydrogen-bond donors (Lipinski definition) is 6. The molecule has 0 aliphatic carbocycles. The molecular formula is C10H20N2O6. The van der Waals surface area contributed by atoms with Crippen LogP contribution in [0.25, 0.3) is 0 Å². The molecule has 0 aromatic rings. The zero-order valence-corrected chi connectivity index (χ0v) is 10.1. The van der Waals surface area contributed by atoms with Crippen molar-refractivity contribution in [3.63, 3.8) is 0 Å². The number of nitrogens with two attached hydrogens (primary N) is 1. The summed E-state index contributed by atoms with van der Waals surface area (Å²) in [5, 5.41) is 41.5. The van der Waals surface area contributed by atoms with Crippen molar-refractivity contribution in [2.24, 2.45) is 5.73 Å². The predicted molar refractivity (Wildman–Crippen MR) is 60.2 cm³/mol. The first kappa shape index (κ1) is 15.3. The third kappa shape index (κ3) is 2.79. The van der Waals surface area contributed by atoms with Gasteiger partial charge in [-0.1, -0.05) is 0 Å². The highest BCUT2D eigenvalue weighted by atomic mass is 16.6. The second-order valence-corrected chi connectivity index (χ2v) is 4.40. The van der Waals surface area contributed by atoms with E-state index in [4.69, 9.17) is 15.6 Å². The molecule has 0 aromatic heterocycles. The minimum atomic E-state index is -1.86. The van der Waals surface area contributed by atoms with E-state index in [-0.39, 0.29) is 13.0 Å². The van der Waals surface area contributed by atoms with E-state index in [1.807, 2.05) is 0 Å². The smallest absolute Gasteiger partial charge is 0.217 e. The summed E-state index contributed by atoms with van der Waals surface area (Å²) in [6, 6.07) is -1.21. The zero-order chi connectivity index (χ0) is 13.9. The summed E-state index contributed by atoms with van der Waals surface area (Å²) in [6.45, 7) is 0.673. The van der Waals surface area contributed by atoms with Crippen LogP contribution in [0.3, 0.4) is 0 Å². The van der Waals surface area contributed by atoms with Crippen molar-refractivity contribution in [2.75, 3.05) is 13.2 Å². The molecule has 1 aliphatic rings. The molecule has 1 unspecified atom stereocenters. The Hall–Kier alpha value is -0.770. The van der Waals surface area contributed by atoms with Gasteiger partial charge in [0.05, 0.1) is 6.61 Å². The Morgan fingerprint density at radius 1 is 1.50 bits per heavy atom. The number of carbonyl (C=O) groups is 1. The Kier molecular flexibility index (Phi) is 5.02. The van der Waals surface area contributed by atoms with E-state index in [1.165, 1.54) is 6.92 Å². The van der Waals surface area contributed by atoms with Crippen molar-refractivity contribution in [3.8, 4) is 0 Å². The number of carbonyl (C=O) groups excluding carboxylic acids is 1. The molecule has 0 aromatic carbocycles. The maximum Gasteiger partial charge on any atom is 0.217 e. The van der Waals surface area contributed by atoms with Crippen molar-refractivity contribution in [3.05, 3.63) is 0 Å². The van der Waals surface area contributed by atoms with Crippen molar-refractivity contribution in [2.45, 2.75) is 43.5 Å².